The molecule has 4 nitrogen and oxygen atoms in total. The molecule has 1 atom stereocenters. The van der Waals surface area contributed by atoms with Crippen LogP contribution in [-0.2, 0) is 6.54 Å². The summed E-state index contributed by atoms with van der Waals surface area (Å²) in [6, 6.07) is 3.53. The lowest BCUT2D eigenvalue weighted by molar-refractivity contribution is 0.106. The Labute approximate surface area is 94.9 Å². The number of aliphatic hydroxyl groups excluding tert-OH is 1. The largest absolute Gasteiger partial charge is 0.457 e. The Morgan fingerprint density at radius 1 is 1.56 bits per heavy atom. The minimum Gasteiger partial charge on any atom is -0.457 e. The molecule has 1 saturated heterocycles. The second kappa shape index (κ2) is 5.27. The normalized spacial score (nSPS) is 22.2. The van der Waals surface area contributed by atoms with Crippen molar-refractivity contribution in [3.05, 3.63) is 23.7 Å². The fourth-order valence-corrected chi connectivity index (χ4v) is 2.21. The first-order chi connectivity index (χ1) is 7.81. The van der Waals surface area contributed by atoms with Crippen molar-refractivity contribution in [2.75, 3.05) is 19.7 Å². The van der Waals surface area contributed by atoms with Gasteiger partial charge < -0.3 is 9.52 Å². The molecule has 1 aliphatic rings. The van der Waals surface area contributed by atoms with Gasteiger partial charge in [0.05, 0.1) is 6.54 Å². The van der Waals surface area contributed by atoms with E-state index in [-0.39, 0.29) is 6.61 Å². The smallest absolute Gasteiger partial charge is 0.185 e. The first-order valence-corrected chi connectivity index (χ1v) is 5.69. The van der Waals surface area contributed by atoms with Crippen molar-refractivity contribution >= 4 is 6.29 Å². The molecule has 1 unspecified atom stereocenters. The van der Waals surface area contributed by atoms with Gasteiger partial charge in [0, 0.05) is 13.2 Å². The highest BCUT2D eigenvalue weighted by Crippen LogP contribution is 2.18. The first-order valence-electron chi connectivity index (χ1n) is 5.69. The van der Waals surface area contributed by atoms with Crippen LogP contribution in [0.2, 0.25) is 0 Å². The fourth-order valence-electron chi connectivity index (χ4n) is 2.21. The van der Waals surface area contributed by atoms with Crippen molar-refractivity contribution in [1.29, 1.82) is 0 Å². The van der Waals surface area contributed by atoms with E-state index >= 15 is 0 Å². The topological polar surface area (TPSA) is 53.7 Å². The highest BCUT2D eigenvalue weighted by molar-refractivity contribution is 5.70. The highest BCUT2D eigenvalue weighted by atomic mass is 16.3. The van der Waals surface area contributed by atoms with Crippen LogP contribution in [0.1, 0.15) is 29.2 Å². The van der Waals surface area contributed by atoms with Gasteiger partial charge in [-0.2, -0.15) is 0 Å². The number of carbonyl (C=O) groups excluding carboxylic acids is 1. The van der Waals surface area contributed by atoms with Crippen LogP contribution in [0.5, 0.6) is 0 Å². The van der Waals surface area contributed by atoms with Crippen LogP contribution in [0.25, 0.3) is 0 Å². The number of piperidine rings is 1. The van der Waals surface area contributed by atoms with Gasteiger partial charge in [-0.25, -0.2) is 0 Å². The Morgan fingerprint density at radius 3 is 3.12 bits per heavy atom. The summed E-state index contributed by atoms with van der Waals surface area (Å²) < 4.78 is 5.33. The molecule has 0 saturated carbocycles. The molecule has 1 aliphatic heterocycles. The molecule has 1 N–H and O–H groups in total. The number of likely N-dealkylation sites (tertiary alicyclic amines) is 1. The Hall–Kier alpha value is -1.13. The van der Waals surface area contributed by atoms with Crippen molar-refractivity contribution in [3.8, 4) is 0 Å². The summed E-state index contributed by atoms with van der Waals surface area (Å²) in [5.41, 5.74) is 0. The van der Waals surface area contributed by atoms with Gasteiger partial charge in [0.25, 0.3) is 0 Å². The summed E-state index contributed by atoms with van der Waals surface area (Å²) in [5, 5.41) is 9.12. The lowest BCUT2D eigenvalue weighted by atomic mass is 9.99. The number of rotatable bonds is 4. The molecular weight excluding hydrogens is 206 g/mol. The van der Waals surface area contributed by atoms with Crippen molar-refractivity contribution in [2.24, 2.45) is 5.92 Å². The van der Waals surface area contributed by atoms with Crippen molar-refractivity contribution in [3.63, 3.8) is 0 Å². The van der Waals surface area contributed by atoms with Gasteiger partial charge in [0.1, 0.15) is 5.76 Å². The lowest BCUT2D eigenvalue weighted by Crippen LogP contribution is -2.36. The molecule has 2 heterocycles. The molecule has 0 aromatic carbocycles. The van der Waals surface area contributed by atoms with E-state index in [4.69, 9.17) is 9.52 Å². The molecule has 0 radical (unpaired) electrons. The van der Waals surface area contributed by atoms with Gasteiger partial charge in [-0.3, -0.25) is 9.69 Å². The summed E-state index contributed by atoms with van der Waals surface area (Å²) >= 11 is 0. The lowest BCUT2D eigenvalue weighted by Gasteiger charge is -2.30. The number of hydrogen-bond donors (Lipinski definition) is 1. The predicted molar refractivity (Wildman–Crippen MR) is 59.2 cm³/mol. The number of hydrogen-bond acceptors (Lipinski definition) is 4. The van der Waals surface area contributed by atoms with Gasteiger partial charge in [-0.15, -0.1) is 0 Å². The molecule has 16 heavy (non-hydrogen) atoms. The average molecular weight is 223 g/mol. The maximum absolute atomic E-state index is 10.5. The Bertz CT molecular complexity index is 348. The second-order valence-electron chi connectivity index (χ2n) is 4.35. The standard InChI is InChI=1S/C12H17NO3/c14-8-10-2-1-5-13(6-10)7-11-3-4-12(9-15)16-11/h3-4,9-10,14H,1-2,5-8H2. The molecule has 1 fully saturated rings. The third kappa shape index (κ3) is 2.71. The number of aliphatic hydroxyl groups is 1. The predicted octanol–water partition coefficient (Wildman–Crippen LogP) is 1.30. The zero-order valence-corrected chi connectivity index (χ0v) is 9.26. The minimum absolute atomic E-state index is 0.258. The summed E-state index contributed by atoms with van der Waals surface area (Å²) in [4.78, 5) is 12.7. The fraction of sp³-hybridized carbons (Fsp3) is 0.583. The van der Waals surface area contributed by atoms with Gasteiger partial charge in [-0.1, -0.05) is 0 Å². The summed E-state index contributed by atoms with van der Waals surface area (Å²) in [5.74, 6) is 1.58. The van der Waals surface area contributed by atoms with Gasteiger partial charge in [0.15, 0.2) is 12.0 Å². The zero-order chi connectivity index (χ0) is 11.4. The van der Waals surface area contributed by atoms with Gasteiger partial charge >= 0.3 is 0 Å². The monoisotopic (exact) mass is 223 g/mol. The number of furan rings is 1. The maximum atomic E-state index is 10.5. The minimum atomic E-state index is 0.258. The van der Waals surface area contributed by atoms with E-state index in [0.29, 0.717) is 11.7 Å². The molecule has 0 amide bonds. The molecule has 0 bridgehead atoms. The molecule has 1 aromatic heterocycles. The highest BCUT2D eigenvalue weighted by Gasteiger charge is 2.19. The molecule has 4 heteroatoms. The van der Waals surface area contributed by atoms with Crippen LogP contribution in [0.3, 0.4) is 0 Å². The average Bonchev–Trinajstić information content (AvgIpc) is 2.77. The third-order valence-corrected chi connectivity index (χ3v) is 3.04. The van der Waals surface area contributed by atoms with Crippen LogP contribution >= 0.6 is 0 Å². The Morgan fingerprint density at radius 2 is 2.44 bits per heavy atom. The molecule has 88 valence electrons. The molecule has 0 spiro atoms. The summed E-state index contributed by atoms with van der Waals surface area (Å²) in [7, 11) is 0. The number of aldehydes is 1. The number of nitrogens with zero attached hydrogens (tertiary/aromatic N) is 1. The SMILES string of the molecule is O=Cc1ccc(CN2CCCC(CO)C2)o1. The maximum Gasteiger partial charge on any atom is 0.185 e. The van der Waals surface area contributed by atoms with E-state index in [1.165, 1.54) is 0 Å². The van der Waals surface area contributed by atoms with Crippen LogP contribution < -0.4 is 0 Å². The van der Waals surface area contributed by atoms with Crippen LogP contribution in [0, 0.1) is 5.92 Å². The van der Waals surface area contributed by atoms with Crippen LogP contribution in [0.4, 0.5) is 0 Å². The first kappa shape index (κ1) is 11.4. The number of carbonyl (C=O) groups is 1. The summed E-state index contributed by atoms with van der Waals surface area (Å²) in [6.45, 7) is 2.93. The molecule has 0 aliphatic carbocycles. The van der Waals surface area contributed by atoms with Crippen LogP contribution in [0.15, 0.2) is 16.5 Å². The van der Waals surface area contributed by atoms with Crippen LogP contribution in [-0.4, -0.2) is 36.0 Å². The van der Waals surface area contributed by atoms with Gasteiger partial charge in [0.2, 0.25) is 0 Å². The quantitative estimate of drug-likeness (QED) is 0.782. The molecule has 2 rings (SSSR count). The van der Waals surface area contributed by atoms with E-state index in [2.05, 4.69) is 4.90 Å². The second-order valence-corrected chi connectivity index (χ2v) is 4.35. The van der Waals surface area contributed by atoms with Gasteiger partial charge in [-0.05, 0) is 37.4 Å². The Balaban J connectivity index is 1.91. The Kier molecular flexibility index (Phi) is 3.74. The summed E-state index contributed by atoms with van der Waals surface area (Å²) in [6.07, 6.45) is 2.94. The molecular formula is C12H17NO3. The third-order valence-electron chi connectivity index (χ3n) is 3.04. The van der Waals surface area contributed by atoms with E-state index < -0.39 is 0 Å². The van der Waals surface area contributed by atoms with Crippen molar-refractivity contribution < 1.29 is 14.3 Å². The van der Waals surface area contributed by atoms with Crippen molar-refractivity contribution in [2.45, 2.75) is 19.4 Å². The zero-order valence-electron chi connectivity index (χ0n) is 9.26. The van der Waals surface area contributed by atoms with E-state index in [0.717, 1.165) is 44.5 Å². The van der Waals surface area contributed by atoms with E-state index in [1.807, 2.05) is 6.07 Å². The van der Waals surface area contributed by atoms with E-state index in [9.17, 15) is 4.79 Å². The molecule has 1 aromatic rings. The van der Waals surface area contributed by atoms with E-state index in [1.54, 1.807) is 6.07 Å². The van der Waals surface area contributed by atoms with Crippen molar-refractivity contribution in [1.82, 2.24) is 4.90 Å².